The Hall–Kier alpha value is -4.95. The van der Waals surface area contributed by atoms with Crippen LogP contribution in [0.4, 0.5) is 0 Å². The molecule has 4 bridgehead atoms. The molecule has 0 saturated carbocycles. The van der Waals surface area contributed by atoms with Crippen LogP contribution in [0.1, 0.15) is 40.9 Å². The van der Waals surface area contributed by atoms with Gasteiger partial charge in [-0.1, -0.05) is 42.5 Å². The SMILES string of the molecule is Cc1ccc2nc(Cc3ccc4cc3OCCCc3cc(-c5cn[nH]c5)ccc3COc3cccc-4n3)n(CC3CCO3)c2c1. The number of aryl methyl sites for hydroxylation is 2. The molecule has 3 aromatic heterocycles. The molecule has 1 saturated heterocycles. The normalized spacial score (nSPS) is 16.2. The molecule has 8 heteroatoms. The van der Waals surface area contributed by atoms with Gasteiger partial charge in [0.2, 0.25) is 5.88 Å². The molecule has 8 nitrogen and oxygen atoms in total. The molecule has 2 aliphatic rings. The Labute approximate surface area is 262 Å². The molecular weight excluding hydrogens is 562 g/mol. The van der Waals surface area contributed by atoms with Gasteiger partial charge in [-0.15, -0.1) is 0 Å². The minimum atomic E-state index is 0.232. The number of imidazole rings is 1. The minimum Gasteiger partial charge on any atom is -0.493 e. The maximum absolute atomic E-state index is 6.59. The third-order valence-corrected chi connectivity index (χ3v) is 8.86. The summed E-state index contributed by atoms with van der Waals surface area (Å²) in [5, 5.41) is 7.05. The van der Waals surface area contributed by atoms with Crippen LogP contribution in [0.3, 0.4) is 0 Å². The van der Waals surface area contributed by atoms with Crippen LogP contribution in [0.25, 0.3) is 33.4 Å². The second-order valence-corrected chi connectivity index (χ2v) is 12.0. The molecule has 0 amide bonds. The Balaban J connectivity index is 1.14. The summed E-state index contributed by atoms with van der Waals surface area (Å²) < 4.78 is 21.0. The van der Waals surface area contributed by atoms with E-state index in [0.717, 1.165) is 88.5 Å². The molecule has 1 fully saturated rings. The standard InChI is InChI=1S/C37H35N5O3/c1-24-7-12-33-34(16-24)42(22-31-13-15-43-31)36(40-33)19-28-10-9-27-18-35(28)44-14-3-4-25-17-26(30-20-38-39-21-30)8-11-29(25)23-45-37-6-2-5-32(27)41-37/h2,5-12,16-18,20-21,31H,3-4,13-15,19,22-23H2,1H3,(H,38,39). The van der Waals surface area contributed by atoms with E-state index in [-0.39, 0.29) is 6.10 Å². The van der Waals surface area contributed by atoms with Gasteiger partial charge < -0.3 is 18.8 Å². The van der Waals surface area contributed by atoms with Gasteiger partial charge in [0.15, 0.2) is 0 Å². The van der Waals surface area contributed by atoms with Gasteiger partial charge in [0, 0.05) is 42.0 Å². The van der Waals surface area contributed by atoms with Crippen molar-refractivity contribution in [1.29, 1.82) is 0 Å². The van der Waals surface area contributed by atoms with Crippen LogP contribution in [0, 0.1) is 6.92 Å². The predicted molar refractivity (Wildman–Crippen MR) is 173 cm³/mol. The number of fused-ring (bicyclic) bond motifs is 7. The molecule has 2 aliphatic heterocycles. The lowest BCUT2D eigenvalue weighted by atomic mass is 9.98. The number of H-pyrrole nitrogens is 1. The number of pyridine rings is 1. The van der Waals surface area contributed by atoms with Crippen LogP contribution in [-0.4, -0.2) is 44.1 Å². The number of hydrogen-bond acceptors (Lipinski definition) is 6. The molecule has 1 atom stereocenters. The summed E-state index contributed by atoms with van der Waals surface area (Å²) in [5.41, 5.74) is 10.9. The van der Waals surface area contributed by atoms with E-state index in [1.165, 1.54) is 11.1 Å². The molecule has 0 aliphatic carbocycles. The van der Waals surface area contributed by atoms with Crippen LogP contribution in [-0.2, 0) is 30.7 Å². The topological polar surface area (TPSA) is 87.1 Å². The van der Waals surface area contributed by atoms with Crippen molar-refractivity contribution >= 4 is 11.0 Å². The summed E-state index contributed by atoms with van der Waals surface area (Å²) in [5.74, 6) is 2.48. The second-order valence-electron chi connectivity index (χ2n) is 12.0. The van der Waals surface area contributed by atoms with Crippen LogP contribution in [0.2, 0.25) is 0 Å². The quantitative estimate of drug-likeness (QED) is 0.229. The molecule has 8 rings (SSSR count). The summed E-state index contributed by atoms with van der Waals surface area (Å²) in [4.78, 5) is 9.95. The highest BCUT2D eigenvalue weighted by Crippen LogP contribution is 2.32. The summed E-state index contributed by atoms with van der Waals surface area (Å²) in [7, 11) is 0. The van der Waals surface area contributed by atoms with E-state index >= 15 is 0 Å². The molecule has 1 N–H and O–H groups in total. The fraction of sp³-hybridized carbons (Fsp3) is 0.270. The zero-order chi connectivity index (χ0) is 30.2. The van der Waals surface area contributed by atoms with Gasteiger partial charge in [-0.05, 0) is 72.7 Å². The number of nitrogens with zero attached hydrogens (tertiary/aromatic N) is 4. The molecule has 0 spiro atoms. The lowest BCUT2D eigenvalue weighted by Crippen LogP contribution is -2.31. The number of aromatic nitrogens is 5. The van der Waals surface area contributed by atoms with Crippen molar-refractivity contribution in [2.75, 3.05) is 13.2 Å². The Morgan fingerprint density at radius 1 is 0.889 bits per heavy atom. The van der Waals surface area contributed by atoms with Crippen molar-refractivity contribution in [3.63, 3.8) is 0 Å². The minimum absolute atomic E-state index is 0.232. The fourth-order valence-electron chi connectivity index (χ4n) is 6.26. The summed E-state index contributed by atoms with van der Waals surface area (Å²) in [6, 6.07) is 25.3. The highest BCUT2D eigenvalue weighted by Gasteiger charge is 2.23. The fourth-order valence-corrected chi connectivity index (χ4v) is 6.26. The van der Waals surface area contributed by atoms with Crippen molar-refractivity contribution in [2.24, 2.45) is 0 Å². The van der Waals surface area contributed by atoms with Gasteiger partial charge in [0.05, 0.1) is 42.2 Å². The molecule has 5 heterocycles. The van der Waals surface area contributed by atoms with E-state index in [4.69, 9.17) is 24.2 Å². The molecule has 6 aromatic rings. The summed E-state index contributed by atoms with van der Waals surface area (Å²) in [6.45, 7) is 4.81. The highest BCUT2D eigenvalue weighted by molar-refractivity contribution is 5.77. The number of nitrogens with one attached hydrogen (secondary N) is 1. The number of rotatable bonds is 5. The van der Waals surface area contributed by atoms with Crippen molar-refractivity contribution < 1.29 is 14.2 Å². The van der Waals surface area contributed by atoms with Gasteiger partial charge >= 0.3 is 0 Å². The first-order chi connectivity index (χ1) is 22.2. The zero-order valence-corrected chi connectivity index (χ0v) is 25.3. The van der Waals surface area contributed by atoms with Crippen molar-refractivity contribution in [1.82, 2.24) is 24.7 Å². The van der Waals surface area contributed by atoms with E-state index in [1.807, 2.05) is 30.6 Å². The molecule has 3 aromatic carbocycles. The highest BCUT2D eigenvalue weighted by atomic mass is 16.5. The Morgan fingerprint density at radius 2 is 1.82 bits per heavy atom. The molecule has 0 radical (unpaired) electrons. The number of benzene rings is 3. The van der Waals surface area contributed by atoms with Gasteiger partial charge in [-0.2, -0.15) is 5.10 Å². The summed E-state index contributed by atoms with van der Waals surface area (Å²) in [6.07, 6.45) is 7.47. The van der Waals surface area contributed by atoms with Crippen LogP contribution < -0.4 is 9.47 Å². The van der Waals surface area contributed by atoms with Crippen LogP contribution in [0.5, 0.6) is 11.6 Å². The maximum atomic E-state index is 6.59. The van der Waals surface area contributed by atoms with Crippen LogP contribution in [0.15, 0.2) is 85.2 Å². The van der Waals surface area contributed by atoms with E-state index in [9.17, 15) is 0 Å². The molecular formula is C37H35N5O3. The summed E-state index contributed by atoms with van der Waals surface area (Å²) >= 11 is 0. The third kappa shape index (κ3) is 5.69. The lowest BCUT2D eigenvalue weighted by Gasteiger charge is -2.27. The van der Waals surface area contributed by atoms with E-state index in [1.54, 1.807) is 0 Å². The Bertz CT molecular complexity index is 1980. The van der Waals surface area contributed by atoms with Gasteiger partial charge in [0.25, 0.3) is 0 Å². The average Bonchev–Trinajstić information content (AvgIpc) is 3.69. The first kappa shape index (κ1) is 27.6. The first-order valence-corrected chi connectivity index (χ1v) is 15.7. The van der Waals surface area contributed by atoms with E-state index in [2.05, 4.69) is 76.3 Å². The number of aromatic amines is 1. The molecule has 45 heavy (non-hydrogen) atoms. The number of ether oxygens (including phenoxy) is 3. The second kappa shape index (κ2) is 11.9. The van der Waals surface area contributed by atoms with Gasteiger partial charge in [-0.25, -0.2) is 9.97 Å². The van der Waals surface area contributed by atoms with E-state index < -0.39 is 0 Å². The maximum Gasteiger partial charge on any atom is 0.214 e. The zero-order valence-electron chi connectivity index (χ0n) is 25.3. The molecule has 1 unspecified atom stereocenters. The monoisotopic (exact) mass is 597 g/mol. The van der Waals surface area contributed by atoms with Crippen molar-refractivity contribution in [3.8, 4) is 34.0 Å². The number of hydrogen-bond donors (Lipinski definition) is 1. The Morgan fingerprint density at radius 3 is 2.69 bits per heavy atom. The largest absolute Gasteiger partial charge is 0.493 e. The predicted octanol–water partition coefficient (Wildman–Crippen LogP) is 7.08. The lowest BCUT2D eigenvalue weighted by molar-refractivity contribution is -0.0589. The average molecular weight is 598 g/mol. The van der Waals surface area contributed by atoms with Crippen molar-refractivity contribution in [2.45, 2.75) is 51.9 Å². The van der Waals surface area contributed by atoms with E-state index in [0.29, 0.717) is 25.5 Å². The van der Waals surface area contributed by atoms with Crippen LogP contribution >= 0.6 is 0 Å². The van der Waals surface area contributed by atoms with Crippen molar-refractivity contribution in [3.05, 3.63) is 113 Å². The molecule has 226 valence electrons. The Kier molecular flexibility index (Phi) is 7.27. The van der Waals surface area contributed by atoms with Gasteiger partial charge in [-0.3, -0.25) is 5.10 Å². The van der Waals surface area contributed by atoms with Gasteiger partial charge in [0.1, 0.15) is 18.2 Å². The first-order valence-electron chi connectivity index (χ1n) is 15.7. The third-order valence-electron chi connectivity index (χ3n) is 8.86. The smallest absolute Gasteiger partial charge is 0.214 e.